The molecule has 0 atom stereocenters. The lowest BCUT2D eigenvalue weighted by Crippen LogP contribution is -2.13. The van der Waals surface area contributed by atoms with Crippen LogP contribution < -0.4 is 11.3 Å². The Morgan fingerprint density at radius 3 is 3.00 bits per heavy atom. The lowest BCUT2D eigenvalue weighted by atomic mass is 10.2. The summed E-state index contributed by atoms with van der Waals surface area (Å²) in [6, 6.07) is 7.23. The molecule has 1 heterocycles. The maximum Gasteiger partial charge on any atom is 0.258 e. The molecule has 0 amide bonds. The van der Waals surface area contributed by atoms with E-state index in [9.17, 15) is 4.79 Å². The van der Waals surface area contributed by atoms with Crippen LogP contribution in [0.1, 0.15) is 5.82 Å². The van der Waals surface area contributed by atoms with Crippen molar-refractivity contribution in [2.24, 2.45) is 10.7 Å². The molecule has 1 aromatic carbocycles. The molecule has 5 nitrogen and oxygen atoms in total. The van der Waals surface area contributed by atoms with Crippen LogP contribution in [0, 0.1) is 0 Å². The number of H-pyrrole nitrogens is 1. The molecule has 0 aliphatic carbocycles. The van der Waals surface area contributed by atoms with E-state index in [0.29, 0.717) is 34.2 Å². The van der Waals surface area contributed by atoms with Gasteiger partial charge in [0.15, 0.2) is 5.17 Å². The number of nitrogens with one attached hydrogen (secondary N) is 1. The first-order chi connectivity index (χ1) is 9.20. The summed E-state index contributed by atoms with van der Waals surface area (Å²) in [5.41, 5.74) is 6.25. The first-order valence-electron chi connectivity index (χ1n) is 5.72. The first kappa shape index (κ1) is 16.3. The molecule has 0 unspecified atom stereocenters. The highest BCUT2D eigenvalue weighted by Gasteiger charge is 2.04. The maximum absolute atomic E-state index is 11.8. The fraction of sp³-hybridized carbons (Fsp3) is 0.154. The number of nitrogens with zero attached hydrogens (tertiary/aromatic N) is 2. The lowest BCUT2D eigenvalue weighted by Gasteiger charge is -2.02. The van der Waals surface area contributed by atoms with E-state index < -0.39 is 0 Å². The molecule has 20 heavy (non-hydrogen) atoms. The number of fused-ring (bicyclic) bond motifs is 1. The minimum absolute atomic E-state index is 0. The number of amidine groups is 1. The Labute approximate surface area is 126 Å². The van der Waals surface area contributed by atoms with Gasteiger partial charge in [-0.1, -0.05) is 30.0 Å². The van der Waals surface area contributed by atoms with Crippen LogP contribution in [0.5, 0.6) is 0 Å². The number of halogens is 1. The van der Waals surface area contributed by atoms with E-state index in [1.54, 1.807) is 12.1 Å². The highest BCUT2D eigenvalue weighted by molar-refractivity contribution is 8.13. The molecular formula is C13H15ClN4OS. The van der Waals surface area contributed by atoms with E-state index in [0.717, 1.165) is 0 Å². The zero-order valence-corrected chi connectivity index (χ0v) is 12.3. The smallest absolute Gasteiger partial charge is 0.258 e. The summed E-state index contributed by atoms with van der Waals surface area (Å²) in [5, 5.41) is 1.04. The number of hydrogen-bond acceptors (Lipinski definition) is 4. The first-order valence-corrected chi connectivity index (χ1v) is 6.71. The van der Waals surface area contributed by atoms with Crippen LogP contribution in [-0.4, -0.2) is 21.7 Å². The van der Waals surface area contributed by atoms with Crippen molar-refractivity contribution in [1.82, 2.24) is 9.97 Å². The lowest BCUT2D eigenvalue weighted by molar-refractivity contribution is 1.04. The summed E-state index contributed by atoms with van der Waals surface area (Å²) in [4.78, 5) is 23.0. The zero-order valence-electron chi connectivity index (χ0n) is 10.7. The molecule has 0 aliphatic rings. The standard InChI is InChI=1S/C13H14N4OS.ClH/c1-2-7-15-13(14)19-8-11-16-10-6-4-3-5-9(10)12(18)17-11;/h2-6H,1,7-8H2,(H2,14,15)(H,16,17,18);1H. The number of aromatic nitrogens is 2. The average Bonchev–Trinajstić information content (AvgIpc) is 2.43. The average molecular weight is 311 g/mol. The monoisotopic (exact) mass is 310 g/mol. The van der Waals surface area contributed by atoms with Gasteiger partial charge >= 0.3 is 0 Å². The molecule has 2 rings (SSSR count). The Balaban J connectivity index is 0.00000200. The predicted molar refractivity (Wildman–Crippen MR) is 87.6 cm³/mol. The fourth-order valence-corrected chi connectivity index (χ4v) is 2.13. The van der Waals surface area contributed by atoms with Gasteiger partial charge in [-0.2, -0.15) is 0 Å². The third-order valence-corrected chi connectivity index (χ3v) is 3.24. The van der Waals surface area contributed by atoms with Crippen molar-refractivity contribution in [3.63, 3.8) is 0 Å². The molecule has 0 spiro atoms. The molecule has 0 radical (unpaired) electrons. The van der Waals surface area contributed by atoms with E-state index in [2.05, 4.69) is 21.5 Å². The molecule has 0 saturated carbocycles. The minimum atomic E-state index is -0.136. The molecule has 0 fully saturated rings. The van der Waals surface area contributed by atoms with Crippen LogP contribution in [0.25, 0.3) is 10.9 Å². The number of aliphatic imine (C=N–C) groups is 1. The van der Waals surface area contributed by atoms with Gasteiger partial charge in [-0.25, -0.2) is 4.98 Å². The topological polar surface area (TPSA) is 84.1 Å². The molecule has 7 heteroatoms. The summed E-state index contributed by atoms with van der Waals surface area (Å²) in [6.07, 6.45) is 1.67. The maximum atomic E-state index is 11.8. The van der Waals surface area contributed by atoms with Gasteiger partial charge in [-0.05, 0) is 12.1 Å². The summed E-state index contributed by atoms with van der Waals surface area (Å²) in [7, 11) is 0. The summed E-state index contributed by atoms with van der Waals surface area (Å²) >= 11 is 1.33. The normalized spacial score (nSPS) is 11.1. The van der Waals surface area contributed by atoms with Crippen LogP contribution in [0.15, 0.2) is 46.7 Å². The largest absolute Gasteiger partial charge is 0.379 e. The minimum Gasteiger partial charge on any atom is -0.379 e. The third-order valence-electron chi connectivity index (χ3n) is 2.39. The molecule has 2 aromatic rings. The van der Waals surface area contributed by atoms with Gasteiger partial charge in [0.05, 0.1) is 23.2 Å². The van der Waals surface area contributed by atoms with Crippen molar-refractivity contribution in [3.05, 3.63) is 53.1 Å². The van der Waals surface area contributed by atoms with Crippen LogP contribution in [0.2, 0.25) is 0 Å². The Kier molecular flexibility index (Phi) is 6.27. The van der Waals surface area contributed by atoms with Crippen molar-refractivity contribution < 1.29 is 0 Å². The van der Waals surface area contributed by atoms with E-state index in [4.69, 9.17) is 5.73 Å². The highest BCUT2D eigenvalue weighted by Crippen LogP contribution is 2.10. The molecule has 0 saturated heterocycles. The number of rotatable bonds is 4. The van der Waals surface area contributed by atoms with Crippen LogP contribution >= 0.6 is 24.2 Å². The Morgan fingerprint density at radius 1 is 1.50 bits per heavy atom. The Morgan fingerprint density at radius 2 is 2.25 bits per heavy atom. The van der Waals surface area contributed by atoms with E-state index in [1.807, 2.05) is 18.2 Å². The van der Waals surface area contributed by atoms with E-state index in [1.165, 1.54) is 11.8 Å². The number of nitrogens with two attached hydrogens (primary N) is 1. The van der Waals surface area contributed by atoms with Crippen LogP contribution in [0.4, 0.5) is 0 Å². The molecule has 0 aliphatic heterocycles. The highest BCUT2D eigenvalue weighted by atomic mass is 35.5. The second-order valence-electron chi connectivity index (χ2n) is 3.79. The number of thioether (sulfide) groups is 1. The van der Waals surface area contributed by atoms with Gasteiger partial charge in [0.2, 0.25) is 0 Å². The van der Waals surface area contributed by atoms with Gasteiger partial charge in [0.25, 0.3) is 5.56 Å². The Bertz CT molecular complexity index is 683. The SMILES string of the molecule is C=CCN=C(N)SCc1nc2ccccc2c(=O)[nH]1.Cl. The van der Waals surface area contributed by atoms with Crippen molar-refractivity contribution in [2.45, 2.75) is 5.75 Å². The molecule has 0 bridgehead atoms. The molecule has 1 aromatic heterocycles. The molecule has 3 N–H and O–H groups in total. The van der Waals surface area contributed by atoms with E-state index in [-0.39, 0.29) is 18.0 Å². The van der Waals surface area contributed by atoms with E-state index >= 15 is 0 Å². The van der Waals surface area contributed by atoms with Crippen LogP contribution in [-0.2, 0) is 5.75 Å². The van der Waals surface area contributed by atoms with Crippen molar-refractivity contribution in [2.75, 3.05) is 6.54 Å². The van der Waals surface area contributed by atoms with Gasteiger partial charge in [-0.3, -0.25) is 9.79 Å². The summed E-state index contributed by atoms with van der Waals surface area (Å²) in [6.45, 7) is 4.05. The molecule has 106 valence electrons. The Hall–Kier alpha value is -1.79. The fourth-order valence-electron chi connectivity index (χ4n) is 1.55. The summed E-state index contributed by atoms with van der Waals surface area (Å²) < 4.78 is 0. The number of para-hydroxylation sites is 1. The van der Waals surface area contributed by atoms with Gasteiger partial charge in [0.1, 0.15) is 5.82 Å². The second-order valence-corrected chi connectivity index (χ2v) is 4.78. The quantitative estimate of drug-likeness (QED) is 0.514. The number of aromatic amines is 1. The van der Waals surface area contributed by atoms with Crippen molar-refractivity contribution in [1.29, 1.82) is 0 Å². The number of hydrogen-bond donors (Lipinski definition) is 2. The zero-order chi connectivity index (χ0) is 13.7. The predicted octanol–water partition coefficient (Wildman–Crippen LogP) is 2.08. The van der Waals surface area contributed by atoms with Crippen molar-refractivity contribution in [3.8, 4) is 0 Å². The number of benzene rings is 1. The third kappa shape index (κ3) is 4.11. The molecular weight excluding hydrogens is 296 g/mol. The van der Waals surface area contributed by atoms with Gasteiger partial charge in [0, 0.05) is 0 Å². The van der Waals surface area contributed by atoms with Gasteiger partial charge < -0.3 is 10.7 Å². The van der Waals surface area contributed by atoms with Gasteiger partial charge in [-0.15, -0.1) is 19.0 Å². The van der Waals surface area contributed by atoms with Crippen molar-refractivity contribution >= 4 is 40.2 Å². The summed E-state index contributed by atoms with van der Waals surface area (Å²) in [5.74, 6) is 1.07. The van der Waals surface area contributed by atoms with Crippen LogP contribution in [0.3, 0.4) is 0 Å². The second kappa shape index (κ2) is 7.72.